The molecular formula is C13H24N4O3. The Morgan fingerprint density at radius 2 is 1.75 bits per heavy atom. The van der Waals surface area contributed by atoms with Crippen LogP contribution in [0.5, 0.6) is 0 Å². The second kappa shape index (κ2) is 8.52. The SMILES string of the molecule is CCN(CC)CCNC(=O)C(=O)N1CCN(C=O)CC1. The summed E-state index contributed by atoms with van der Waals surface area (Å²) in [7, 11) is 0. The molecule has 0 aliphatic carbocycles. The zero-order chi connectivity index (χ0) is 15.0. The van der Waals surface area contributed by atoms with Crippen LogP contribution in [0.2, 0.25) is 0 Å². The van der Waals surface area contributed by atoms with Crippen molar-refractivity contribution in [2.24, 2.45) is 0 Å². The van der Waals surface area contributed by atoms with Crippen molar-refractivity contribution in [1.82, 2.24) is 20.0 Å². The topological polar surface area (TPSA) is 73.0 Å². The van der Waals surface area contributed by atoms with E-state index in [4.69, 9.17) is 0 Å². The number of nitrogens with zero attached hydrogens (tertiary/aromatic N) is 3. The number of carbonyl (C=O) groups is 3. The van der Waals surface area contributed by atoms with Crippen LogP contribution in [0.15, 0.2) is 0 Å². The smallest absolute Gasteiger partial charge is 0.312 e. The van der Waals surface area contributed by atoms with Gasteiger partial charge >= 0.3 is 11.8 Å². The van der Waals surface area contributed by atoms with Crippen molar-refractivity contribution >= 4 is 18.2 Å². The van der Waals surface area contributed by atoms with Crippen LogP contribution in [0, 0.1) is 0 Å². The first-order chi connectivity index (χ1) is 9.62. The van der Waals surface area contributed by atoms with Crippen LogP contribution in [0.25, 0.3) is 0 Å². The van der Waals surface area contributed by atoms with Gasteiger partial charge in [0.15, 0.2) is 0 Å². The van der Waals surface area contributed by atoms with Crippen molar-refractivity contribution in [2.45, 2.75) is 13.8 Å². The normalized spacial score (nSPS) is 15.3. The third-order valence-electron chi connectivity index (χ3n) is 3.55. The molecule has 1 saturated heterocycles. The molecule has 1 N–H and O–H groups in total. The van der Waals surface area contributed by atoms with Gasteiger partial charge in [-0.3, -0.25) is 14.4 Å². The molecule has 20 heavy (non-hydrogen) atoms. The highest BCUT2D eigenvalue weighted by atomic mass is 16.2. The highest BCUT2D eigenvalue weighted by Crippen LogP contribution is 2.00. The van der Waals surface area contributed by atoms with E-state index in [1.807, 2.05) is 0 Å². The number of carbonyl (C=O) groups excluding carboxylic acids is 3. The molecule has 7 heteroatoms. The summed E-state index contributed by atoms with van der Waals surface area (Å²) in [5.41, 5.74) is 0. The monoisotopic (exact) mass is 284 g/mol. The first-order valence-electron chi connectivity index (χ1n) is 7.11. The minimum atomic E-state index is -0.559. The molecule has 0 unspecified atom stereocenters. The first kappa shape index (κ1) is 16.4. The Hall–Kier alpha value is -1.63. The summed E-state index contributed by atoms with van der Waals surface area (Å²) in [6, 6.07) is 0. The molecule has 7 nitrogen and oxygen atoms in total. The summed E-state index contributed by atoms with van der Waals surface area (Å²) in [6.07, 6.45) is 0.770. The molecule has 0 aromatic rings. The molecule has 1 aliphatic rings. The van der Waals surface area contributed by atoms with Crippen molar-refractivity contribution in [3.05, 3.63) is 0 Å². The molecule has 0 spiro atoms. The Bertz CT molecular complexity index is 337. The zero-order valence-corrected chi connectivity index (χ0v) is 12.3. The summed E-state index contributed by atoms with van der Waals surface area (Å²) in [5.74, 6) is -1.06. The third-order valence-corrected chi connectivity index (χ3v) is 3.55. The highest BCUT2D eigenvalue weighted by Gasteiger charge is 2.25. The van der Waals surface area contributed by atoms with E-state index in [0.717, 1.165) is 26.0 Å². The Labute approximate surface area is 119 Å². The van der Waals surface area contributed by atoms with Gasteiger partial charge in [-0.25, -0.2) is 0 Å². The Morgan fingerprint density at radius 1 is 1.15 bits per heavy atom. The lowest BCUT2D eigenvalue weighted by atomic mass is 10.3. The van der Waals surface area contributed by atoms with Gasteiger partial charge in [-0.2, -0.15) is 0 Å². The molecule has 0 atom stereocenters. The lowest BCUT2D eigenvalue weighted by molar-refractivity contribution is -0.147. The van der Waals surface area contributed by atoms with Gasteiger partial charge in [0, 0.05) is 39.3 Å². The minimum Gasteiger partial charge on any atom is -0.347 e. The molecule has 1 aliphatic heterocycles. The van der Waals surface area contributed by atoms with E-state index in [1.165, 1.54) is 4.90 Å². The Kier molecular flexibility index (Phi) is 7.00. The molecule has 1 fully saturated rings. The van der Waals surface area contributed by atoms with Gasteiger partial charge in [0.1, 0.15) is 0 Å². The van der Waals surface area contributed by atoms with Gasteiger partial charge in [-0.15, -0.1) is 0 Å². The van der Waals surface area contributed by atoms with E-state index in [1.54, 1.807) is 4.90 Å². The van der Waals surface area contributed by atoms with Crippen molar-refractivity contribution in [3.63, 3.8) is 0 Å². The van der Waals surface area contributed by atoms with E-state index in [0.29, 0.717) is 32.7 Å². The maximum absolute atomic E-state index is 11.9. The van der Waals surface area contributed by atoms with E-state index in [-0.39, 0.29) is 0 Å². The van der Waals surface area contributed by atoms with Gasteiger partial charge in [0.25, 0.3) is 0 Å². The average molecular weight is 284 g/mol. The number of rotatable bonds is 6. The van der Waals surface area contributed by atoms with Crippen LogP contribution in [-0.4, -0.2) is 85.3 Å². The molecule has 0 saturated carbocycles. The van der Waals surface area contributed by atoms with Crippen molar-refractivity contribution in [1.29, 1.82) is 0 Å². The van der Waals surface area contributed by atoms with Crippen molar-refractivity contribution in [3.8, 4) is 0 Å². The fourth-order valence-electron chi connectivity index (χ4n) is 2.12. The second-order valence-corrected chi connectivity index (χ2v) is 4.72. The predicted octanol–water partition coefficient (Wildman–Crippen LogP) is -1.25. The summed E-state index contributed by atoms with van der Waals surface area (Å²) >= 11 is 0. The quantitative estimate of drug-likeness (QED) is 0.488. The molecule has 1 rings (SSSR count). The summed E-state index contributed by atoms with van der Waals surface area (Å²) in [4.78, 5) is 39.5. The summed E-state index contributed by atoms with van der Waals surface area (Å²) < 4.78 is 0. The maximum atomic E-state index is 11.9. The third kappa shape index (κ3) is 4.80. The zero-order valence-electron chi connectivity index (χ0n) is 12.3. The maximum Gasteiger partial charge on any atom is 0.312 e. The highest BCUT2D eigenvalue weighted by molar-refractivity contribution is 6.35. The fraction of sp³-hybridized carbons (Fsp3) is 0.769. The molecule has 0 aromatic carbocycles. The molecule has 1 heterocycles. The van der Waals surface area contributed by atoms with Gasteiger partial charge in [-0.1, -0.05) is 13.8 Å². The molecule has 0 aromatic heterocycles. The number of piperazine rings is 1. The standard InChI is InChI=1S/C13H24N4O3/c1-3-15(4-2)6-5-14-12(19)13(20)17-9-7-16(11-18)8-10-17/h11H,3-10H2,1-2H3,(H,14,19). The van der Waals surface area contributed by atoms with Crippen molar-refractivity contribution in [2.75, 3.05) is 52.4 Å². The second-order valence-electron chi connectivity index (χ2n) is 4.72. The summed E-state index contributed by atoms with van der Waals surface area (Å²) in [6.45, 7) is 8.99. The number of hydrogen-bond acceptors (Lipinski definition) is 4. The van der Waals surface area contributed by atoms with E-state index >= 15 is 0 Å². The minimum absolute atomic E-state index is 0.418. The van der Waals surface area contributed by atoms with Gasteiger partial charge in [0.05, 0.1) is 0 Å². The molecule has 0 radical (unpaired) electrons. The Balaban J connectivity index is 2.29. The van der Waals surface area contributed by atoms with E-state index in [9.17, 15) is 14.4 Å². The van der Waals surface area contributed by atoms with Crippen LogP contribution in [0.4, 0.5) is 0 Å². The Morgan fingerprint density at radius 3 is 2.25 bits per heavy atom. The van der Waals surface area contributed by atoms with Crippen LogP contribution >= 0.6 is 0 Å². The number of likely N-dealkylation sites (N-methyl/N-ethyl adjacent to an activating group) is 1. The van der Waals surface area contributed by atoms with Gasteiger partial charge in [0.2, 0.25) is 6.41 Å². The largest absolute Gasteiger partial charge is 0.347 e. The molecule has 114 valence electrons. The number of amides is 3. The molecular weight excluding hydrogens is 260 g/mol. The lowest BCUT2D eigenvalue weighted by Crippen LogP contribution is -2.52. The van der Waals surface area contributed by atoms with Crippen LogP contribution in [-0.2, 0) is 14.4 Å². The number of hydrogen-bond donors (Lipinski definition) is 1. The van der Waals surface area contributed by atoms with E-state index < -0.39 is 11.8 Å². The first-order valence-corrected chi connectivity index (χ1v) is 7.11. The van der Waals surface area contributed by atoms with Gasteiger partial charge < -0.3 is 20.0 Å². The van der Waals surface area contributed by atoms with Crippen LogP contribution < -0.4 is 5.32 Å². The van der Waals surface area contributed by atoms with Crippen molar-refractivity contribution < 1.29 is 14.4 Å². The lowest BCUT2D eigenvalue weighted by Gasteiger charge is -2.32. The predicted molar refractivity (Wildman–Crippen MR) is 75.0 cm³/mol. The van der Waals surface area contributed by atoms with Gasteiger partial charge in [-0.05, 0) is 13.1 Å². The van der Waals surface area contributed by atoms with Crippen LogP contribution in [0.3, 0.4) is 0 Å². The molecule has 3 amide bonds. The van der Waals surface area contributed by atoms with E-state index in [2.05, 4.69) is 24.1 Å². The number of nitrogens with one attached hydrogen (secondary N) is 1. The molecule has 0 bridgehead atoms. The average Bonchev–Trinajstić information content (AvgIpc) is 2.50. The fourth-order valence-corrected chi connectivity index (χ4v) is 2.12. The van der Waals surface area contributed by atoms with Crippen LogP contribution in [0.1, 0.15) is 13.8 Å². The summed E-state index contributed by atoms with van der Waals surface area (Å²) in [5, 5.41) is 2.65.